The van der Waals surface area contributed by atoms with Crippen LogP contribution < -0.4 is 5.32 Å². The number of hydrogen-bond donors (Lipinski definition) is 2. The Morgan fingerprint density at radius 1 is 1.43 bits per heavy atom. The fourth-order valence-electron chi connectivity index (χ4n) is 2.46. The van der Waals surface area contributed by atoms with Gasteiger partial charge in [0.1, 0.15) is 5.69 Å². The van der Waals surface area contributed by atoms with Crippen molar-refractivity contribution in [3.05, 3.63) is 29.6 Å². The molecular weight excluding hydrogens is 309 g/mol. The maximum Gasteiger partial charge on any atom is 0.433 e. The van der Waals surface area contributed by atoms with Crippen LogP contribution in [0.25, 0.3) is 0 Å². The van der Waals surface area contributed by atoms with Crippen LogP contribution in [0, 0.1) is 5.92 Å². The SMILES string of the molecule is Cl.O=C(O)CC1CCNC(c2ccc(C(F)(F)F)nc2)C1. The second-order valence-electron chi connectivity index (χ2n) is 4.97. The van der Waals surface area contributed by atoms with Crippen molar-refractivity contribution in [3.8, 4) is 0 Å². The lowest BCUT2D eigenvalue weighted by Crippen LogP contribution is -2.32. The molecule has 1 aliphatic heterocycles. The lowest BCUT2D eigenvalue weighted by molar-refractivity contribution is -0.141. The van der Waals surface area contributed by atoms with Crippen molar-refractivity contribution in [1.82, 2.24) is 10.3 Å². The number of aromatic nitrogens is 1. The standard InChI is InChI=1S/C13H15F3N2O2.ClH/c14-13(15,16)11-2-1-9(7-18-11)10-5-8(3-4-17-10)6-12(19)20;/h1-2,7-8,10,17H,3-6H2,(H,19,20);1H. The van der Waals surface area contributed by atoms with E-state index in [4.69, 9.17) is 5.11 Å². The molecule has 0 amide bonds. The predicted octanol–water partition coefficient (Wildman–Crippen LogP) is 3.04. The van der Waals surface area contributed by atoms with Crippen LogP contribution in [0.1, 0.15) is 36.6 Å². The van der Waals surface area contributed by atoms with E-state index in [1.165, 1.54) is 12.3 Å². The Morgan fingerprint density at radius 2 is 2.14 bits per heavy atom. The number of carboxylic acid groups (broad SMARTS) is 1. The highest BCUT2D eigenvalue weighted by Crippen LogP contribution is 2.31. The van der Waals surface area contributed by atoms with E-state index >= 15 is 0 Å². The largest absolute Gasteiger partial charge is 0.481 e. The van der Waals surface area contributed by atoms with Gasteiger partial charge in [-0.3, -0.25) is 9.78 Å². The van der Waals surface area contributed by atoms with Crippen molar-refractivity contribution in [1.29, 1.82) is 0 Å². The maximum atomic E-state index is 12.4. The molecule has 4 nitrogen and oxygen atoms in total. The van der Waals surface area contributed by atoms with Gasteiger partial charge >= 0.3 is 12.1 Å². The molecule has 0 aromatic carbocycles. The summed E-state index contributed by atoms with van der Waals surface area (Å²) in [5, 5.41) is 12.0. The molecule has 1 fully saturated rings. The Hall–Kier alpha value is -1.34. The average Bonchev–Trinajstić information content (AvgIpc) is 2.37. The lowest BCUT2D eigenvalue weighted by atomic mass is 9.87. The molecule has 2 heterocycles. The Morgan fingerprint density at radius 3 is 2.67 bits per heavy atom. The van der Waals surface area contributed by atoms with Gasteiger partial charge in [0.15, 0.2) is 0 Å². The third-order valence-electron chi connectivity index (χ3n) is 3.45. The number of aliphatic carboxylic acids is 1. The van der Waals surface area contributed by atoms with E-state index in [1.807, 2.05) is 0 Å². The number of hydrogen-bond acceptors (Lipinski definition) is 3. The molecule has 0 spiro atoms. The fraction of sp³-hybridized carbons (Fsp3) is 0.538. The number of nitrogens with zero attached hydrogens (tertiary/aromatic N) is 1. The van der Waals surface area contributed by atoms with Gasteiger partial charge in [0.25, 0.3) is 0 Å². The molecule has 0 radical (unpaired) electrons. The number of nitrogens with one attached hydrogen (secondary N) is 1. The van der Waals surface area contributed by atoms with Crippen molar-refractivity contribution >= 4 is 18.4 Å². The number of piperidine rings is 1. The van der Waals surface area contributed by atoms with Crippen molar-refractivity contribution in [3.63, 3.8) is 0 Å². The van der Waals surface area contributed by atoms with Crippen LogP contribution in [0.5, 0.6) is 0 Å². The first-order valence-corrected chi connectivity index (χ1v) is 6.34. The van der Waals surface area contributed by atoms with E-state index in [0.29, 0.717) is 18.5 Å². The molecule has 118 valence electrons. The molecule has 1 saturated heterocycles. The minimum absolute atomic E-state index is 0. The van der Waals surface area contributed by atoms with Crippen molar-refractivity contribution in [2.45, 2.75) is 31.5 Å². The van der Waals surface area contributed by atoms with Crippen LogP contribution in [0.15, 0.2) is 18.3 Å². The smallest absolute Gasteiger partial charge is 0.433 e. The van der Waals surface area contributed by atoms with Gasteiger partial charge < -0.3 is 10.4 Å². The van der Waals surface area contributed by atoms with Crippen LogP contribution in [0.2, 0.25) is 0 Å². The molecule has 1 aromatic rings. The summed E-state index contributed by atoms with van der Waals surface area (Å²) in [6, 6.07) is 2.22. The first-order valence-electron chi connectivity index (χ1n) is 6.34. The van der Waals surface area contributed by atoms with E-state index in [-0.39, 0.29) is 30.8 Å². The predicted molar refractivity (Wildman–Crippen MR) is 72.2 cm³/mol. The highest BCUT2D eigenvalue weighted by atomic mass is 35.5. The van der Waals surface area contributed by atoms with Crippen LogP contribution in [0.4, 0.5) is 13.2 Å². The monoisotopic (exact) mass is 324 g/mol. The topological polar surface area (TPSA) is 62.2 Å². The van der Waals surface area contributed by atoms with Crippen LogP contribution >= 0.6 is 12.4 Å². The third-order valence-corrected chi connectivity index (χ3v) is 3.45. The van der Waals surface area contributed by atoms with E-state index in [1.54, 1.807) is 0 Å². The number of pyridine rings is 1. The third kappa shape index (κ3) is 4.86. The summed E-state index contributed by atoms with van der Waals surface area (Å²) in [5.41, 5.74) is -0.257. The Labute approximate surface area is 126 Å². The lowest BCUT2D eigenvalue weighted by Gasteiger charge is -2.29. The number of alkyl halides is 3. The Balaban J connectivity index is 0.00000220. The van der Waals surface area contributed by atoms with Gasteiger partial charge in [-0.2, -0.15) is 13.2 Å². The molecular formula is C13H16ClF3N2O2. The van der Waals surface area contributed by atoms with Crippen molar-refractivity contribution < 1.29 is 23.1 Å². The molecule has 2 N–H and O–H groups in total. The number of rotatable bonds is 3. The molecule has 2 rings (SSSR count). The molecule has 0 saturated carbocycles. The van der Waals surface area contributed by atoms with Gasteiger partial charge in [0.05, 0.1) is 0 Å². The summed E-state index contributed by atoms with van der Waals surface area (Å²) in [7, 11) is 0. The average molecular weight is 325 g/mol. The minimum atomic E-state index is -4.44. The van der Waals surface area contributed by atoms with E-state index in [9.17, 15) is 18.0 Å². The van der Waals surface area contributed by atoms with Crippen LogP contribution in [-0.4, -0.2) is 22.6 Å². The molecule has 2 atom stereocenters. The van der Waals surface area contributed by atoms with Crippen molar-refractivity contribution in [2.75, 3.05) is 6.54 Å². The summed E-state index contributed by atoms with van der Waals surface area (Å²) >= 11 is 0. The quantitative estimate of drug-likeness (QED) is 0.897. The zero-order chi connectivity index (χ0) is 14.8. The minimum Gasteiger partial charge on any atom is -0.481 e. The van der Waals surface area contributed by atoms with Crippen LogP contribution in [0.3, 0.4) is 0 Å². The highest BCUT2D eigenvalue weighted by Gasteiger charge is 2.32. The second-order valence-corrected chi connectivity index (χ2v) is 4.97. The highest BCUT2D eigenvalue weighted by molar-refractivity contribution is 5.85. The molecule has 1 aromatic heterocycles. The normalized spacial score (nSPS) is 22.4. The zero-order valence-corrected chi connectivity index (χ0v) is 11.9. The van der Waals surface area contributed by atoms with Crippen LogP contribution in [-0.2, 0) is 11.0 Å². The summed E-state index contributed by atoms with van der Waals surface area (Å²) in [6.07, 6.45) is -1.78. The van der Waals surface area contributed by atoms with E-state index in [0.717, 1.165) is 12.5 Å². The molecule has 8 heteroatoms. The number of carboxylic acids is 1. The zero-order valence-electron chi connectivity index (χ0n) is 11.1. The maximum absolute atomic E-state index is 12.4. The first kappa shape index (κ1) is 17.7. The molecule has 0 bridgehead atoms. The fourth-order valence-corrected chi connectivity index (χ4v) is 2.46. The van der Waals surface area contributed by atoms with Gasteiger partial charge in [-0.05, 0) is 36.9 Å². The molecule has 0 aliphatic carbocycles. The Kier molecular flexibility index (Phi) is 5.98. The summed E-state index contributed by atoms with van der Waals surface area (Å²) in [6.45, 7) is 0.656. The van der Waals surface area contributed by atoms with E-state index in [2.05, 4.69) is 10.3 Å². The van der Waals surface area contributed by atoms with E-state index < -0.39 is 17.8 Å². The van der Waals surface area contributed by atoms with Crippen molar-refractivity contribution in [2.24, 2.45) is 5.92 Å². The number of carbonyl (C=O) groups is 1. The molecule has 1 aliphatic rings. The number of halogens is 4. The van der Waals surface area contributed by atoms with Gasteiger partial charge in [0.2, 0.25) is 0 Å². The second kappa shape index (κ2) is 7.09. The summed E-state index contributed by atoms with van der Waals surface area (Å²) in [4.78, 5) is 14.1. The summed E-state index contributed by atoms with van der Waals surface area (Å²) < 4.78 is 37.3. The van der Waals surface area contributed by atoms with Gasteiger partial charge in [0, 0.05) is 18.7 Å². The van der Waals surface area contributed by atoms with Gasteiger partial charge in [-0.1, -0.05) is 6.07 Å². The molecule has 2 unspecified atom stereocenters. The Bertz CT molecular complexity index is 479. The van der Waals surface area contributed by atoms with Gasteiger partial charge in [-0.15, -0.1) is 12.4 Å². The summed E-state index contributed by atoms with van der Waals surface area (Å²) in [5.74, 6) is -0.803. The first-order chi connectivity index (χ1) is 9.36. The molecule has 21 heavy (non-hydrogen) atoms. The van der Waals surface area contributed by atoms with Gasteiger partial charge in [-0.25, -0.2) is 0 Å².